The summed E-state index contributed by atoms with van der Waals surface area (Å²) in [4.78, 5) is 2.54. The molecule has 0 aliphatic rings. The van der Waals surface area contributed by atoms with Crippen LogP contribution in [0, 0.1) is 0 Å². The second-order valence-corrected chi connectivity index (χ2v) is 6.32. The van der Waals surface area contributed by atoms with E-state index < -0.39 is 0 Å². The molecule has 3 heteroatoms. The summed E-state index contributed by atoms with van der Waals surface area (Å²) in [6, 6.07) is 1.48. The minimum absolute atomic E-state index is 0.0352. The third-order valence-corrected chi connectivity index (χ3v) is 5.12. The van der Waals surface area contributed by atoms with E-state index >= 15 is 0 Å². The van der Waals surface area contributed by atoms with E-state index in [9.17, 15) is 0 Å². The highest BCUT2D eigenvalue weighted by molar-refractivity contribution is 6.31. The van der Waals surface area contributed by atoms with Crippen LogP contribution in [-0.2, 0) is 0 Å². The van der Waals surface area contributed by atoms with E-state index in [1.807, 2.05) is 0 Å². The van der Waals surface area contributed by atoms with Gasteiger partial charge in [-0.05, 0) is 26.1 Å². The Hall–Kier alpha value is 0.137. The highest BCUT2D eigenvalue weighted by Crippen LogP contribution is 2.00. The molecule has 0 atom stereocenters. The number of hydrogen-bond acceptors (Lipinski definition) is 2. The molecule has 0 unspecified atom stereocenters. The summed E-state index contributed by atoms with van der Waals surface area (Å²) >= 11 is 0. The van der Waals surface area contributed by atoms with Gasteiger partial charge in [0.2, 0.25) is 0 Å². The zero-order valence-corrected chi connectivity index (χ0v) is 12.7. The van der Waals surface area contributed by atoms with Gasteiger partial charge in [-0.2, -0.15) is 0 Å². The molecule has 0 saturated heterocycles. The van der Waals surface area contributed by atoms with E-state index in [-0.39, 0.29) is 9.68 Å². The molecule has 0 aromatic carbocycles. The van der Waals surface area contributed by atoms with Crippen molar-refractivity contribution in [2.75, 3.05) is 26.3 Å². The lowest BCUT2D eigenvalue weighted by atomic mass is 10.3. The smallest absolute Gasteiger partial charge is 0.0966 e. The molecule has 92 valence electrons. The van der Waals surface area contributed by atoms with Crippen molar-refractivity contribution in [1.82, 2.24) is 9.47 Å². The van der Waals surface area contributed by atoms with Gasteiger partial charge in [0.1, 0.15) is 0 Å². The summed E-state index contributed by atoms with van der Waals surface area (Å²) in [5.41, 5.74) is 0. The predicted octanol–water partition coefficient (Wildman–Crippen LogP) is 2.30. The van der Waals surface area contributed by atoms with Crippen LogP contribution < -0.4 is 0 Å². The lowest BCUT2D eigenvalue weighted by Crippen LogP contribution is -2.40. The first-order chi connectivity index (χ1) is 7.28. The van der Waals surface area contributed by atoms with E-state index in [2.05, 4.69) is 37.2 Å². The predicted molar refractivity (Wildman–Crippen MR) is 73.0 cm³/mol. The van der Waals surface area contributed by atoms with Gasteiger partial charge in [-0.25, -0.2) is 0 Å². The van der Waals surface area contributed by atoms with Crippen molar-refractivity contribution in [2.45, 2.75) is 53.0 Å². The van der Waals surface area contributed by atoms with Gasteiger partial charge in [-0.3, -0.25) is 4.90 Å². The first-order valence-corrected chi connectivity index (χ1v) is 8.36. The fraction of sp³-hybridized carbons (Fsp3) is 1.00. The van der Waals surface area contributed by atoms with Gasteiger partial charge in [0.05, 0.1) is 9.68 Å². The first-order valence-electron chi connectivity index (χ1n) is 6.73. The number of rotatable bonds is 10. The van der Waals surface area contributed by atoms with Crippen molar-refractivity contribution < 1.29 is 0 Å². The third-order valence-electron chi connectivity index (χ3n) is 2.95. The largest absolute Gasteiger partial charge is 0.317 e. The fourth-order valence-electron chi connectivity index (χ4n) is 1.72. The van der Waals surface area contributed by atoms with Crippen LogP contribution in [0.3, 0.4) is 0 Å². The van der Waals surface area contributed by atoms with Gasteiger partial charge < -0.3 is 4.57 Å². The summed E-state index contributed by atoms with van der Waals surface area (Å²) in [7, 11) is 0.0352. The Balaban J connectivity index is 3.86. The second-order valence-electron chi connectivity index (χ2n) is 4.27. The van der Waals surface area contributed by atoms with Crippen molar-refractivity contribution in [3.05, 3.63) is 0 Å². The van der Waals surface area contributed by atoms with Gasteiger partial charge in [-0.1, -0.05) is 46.6 Å². The van der Waals surface area contributed by atoms with E-state index in [0.717, 1.165) is 0 Å². The van der Waals surface area contributed by atoms with Gasteiger partial charge in [-0.15, -0.1) is 0 Å². The van der Waals surface area contributed by atoms with Crippen LogP contribution in [-0.4, -0.2) is 45.4 Å². The molecule has 0 heterocycles. The molecule has 0 N–H and O–H groups in total. The SMILES string of the molecule is CCCCN(CN(CC)CC)[SiH2]CCC. The molecule has 0 spiro atoms. The minimum atomic E-state index is 0.0352. The van der Waals surface area contributed by atoms with Gasteiger partial charge in [0.15, 0.2) is 0 Å². The fourth-order valence-corrected chi connectivity index (χ4v) is 3.36. The number of hydrogen-bond donors (Lipinski definition) is 0. The molecule has 0 rings (SSSR count). The molecule has 0 radical (unpaired) electrons. The Morgan fingerprint density at radius 2 is 1.60 bits per heavy atom. The molecule has 0 aliphatic heterocycles. The Bertz CT molecular complexity index is 119. The zero-order valence-electron chi connectivity index (χ0n) is 11.3. The summed E-state index contributed by atoms with van der Waals surface area (Å²) in [5, 5.41) is 0. The second kappa shape index (κ2) is 10.6. The number of unbranched alkanes of at least 4 members (excludes halogenated alkanes) is 1. The minimum Gasteiger partial charge on any atom is -0.317 e. The molecule has 0 aromatic rings. The number of nitrogens with zero attached hydrogens (tertiary/aromatic N) is 2. The van der Waals surface area contributed by atoms with Crippen LogP contribution in [0.1, 0.15) is 47.0 Å². The Labute approximate surface area is 98.9 Å². The lowest BCUT2D eigenvalue weighted by molar-refractivity contribution is 0.209. The molecule has 0 amide bonds. The van der Waals surface area contributed by atoms with Crippen molar-refractivity contribution >= 4 is 9.68 Å². The van der Waals surface area contributed by atoms with Crippen LogP contribution >= 0.6 is 0 Å². The van der Waals surface area contributed by atoms with Gasteiger partial charge in [0, 0.05) is 6.67 Å². The molecular formula is C12H30N2Si. The summed E-state index contributed by atoms with van der Waals surface area (Å²) in [6.45, 7) is 14.1. The van der Waals surface area contributed by atoms with Crippen LogP contribution in [0.5, 0.6) is 0 Å². The standard InChI is InChI=1S/C12H30N2Si/c1-5-9-10-14(15-11-6-2)12-13(7-3)8-4/h5-12,15H2,1-4H3. The van der Waals surface area contributed by atoms with E-state index in [1.54, 1.807) is 0 Å². The van der Waals surface area contributed by atoms with Crippen LogP contribution in [0.2, 0.25) is 6.04 Å². The normalized spacial score (nSPS) is 12.4. The van der Waals surface area contributed by atoms with E-state index in [0.29, 0.717) is 0 Å². The van der Waals surface area contributed by atoms with Crippen LogP contribution in [0.25, 0.3) is 0 Å². The molecule has 0 aliphatic carbocycles. The average Bonchev–Trinajstić information content (AvgIpc) is 2.28. The van der Waals surface area contributed by atoms with E-state index in [4.69, 9.17) is 0 Å². The van der Waals surface area contributed by atoms with Crippen LogP contribution in [0.15, 0.2) is 0 Å². The van der Waals surface area contributed by atoms with Crippen LogP contribution in [0.4, 0.5) is 0 Å². The highest BCUT2D eigenvalue weighted by atomic mass is 28.2. The Morgan fingerprint density at radius 1 is 0.933 bits per heavy atom. The summed E-state index contributed by atoms with van der Waals surface area (Å²) in [6.07, 6.45) is 4.07. The van der Waals surface area contributed by atoms with Crippen molar-refractivity contribution in [2.24, 2.45) is 0 Å². The third kappa shape index (κ3) is 8.00. The maximum Gasteiger partial charge on any atom is 0.0966 e. The molecule has 2 nitrogen and oxygen atoms in total. The monoisotopic (exact) mass is 230 g/mol. The highest BCUT2D eigenvalue weighted by Gasteiger charge is 2.07. The Morgan fingerprint density at radius 3 is 2.07 bits per heavy atom. The zero-order chi connectivity index (χ0) is 11.5. The molecule has 0 saturated carbocycles. The Kier molecular flexibility index (Phi) is 10.7. The first kappa shape index (κ1) is 15.1. The maximum absolute atomic E-state index is 2.75. The van der Waals surface area contributed by atoms with E-state index in [1.165, 1.54) is 51.6 Å². The molecule has 15 heavy (non-hydrogen) atoms. The maximum atomic E-state index is 2.75. The molecule has 0 bridgehead atoms. The van der Waals surface area contributed by atoms with Crippen molar-refractivity contribution in [3.8, 4) is 0 Å². The molecule has 0 aromatic heterocycles. The van der Waals surface area contributed by atoms with Gasteiger partial charge >= 0.3 is 0 Å². The summed E-state index contributed by atoms with van der Waals surface area (Å²) in [5.74, 6) is 0. The average molecular weight is 230 g/mol. The quantitative estimate of drug-likeness (QED) is 0.420. The molecule has 0 fully saturated rings. The lowest BCUT2D eigenvalue weighted by Gasteiger charge is -2.29. The summed E-state index contributed by atoms with van der Waals surface area (Å²) < 4.78 is 2.75. The topological polar surface area (TPSA) is 6.48 Å². The van der Waals surface area contributed by atoms with Crippen molar-refractivity contribution in [3.63, 3.8) is 0 Å². The van der Waals surface area contributed by atoms with Crippen molar-refractivity contribution in [1.29, 1.82) is 0 Å². The van der Waals surface area contributed by atoms with Gasteiger partial charge in [0.25, 0.3) is 0 Å². The molecular weight excluding hydrogens is 200 g/mol.